The fraction of sp³-hybridized carbons (Fsp3) is 0.154. The average Bonchev–Trinajstić information content (AvgIpc) is 3.07. The monoisotopic (exact) mass is 441 g/mol. The number of aryl methyl sites for hydroxylation is 1. The number of nitrogens with one attached hydrogen (secondary N) is 1. The van der Waals surface area contributed by atoms with Crippen LogP contribution in [-0.2, 0) is 16.0 Å². The van der Waals surface area contributed by atoms with E-state index in [1.54, 1.807) is 18.2 Å². The van der Waals surface area contributed by atoms with E-state index in [1.807, 2.05) is 55.5 Å². The minimum absolute atomic E-state index is 0.0722. The number of nitrogens with zero attached hydrogens (tertiary/aromatic N) is 2. The van der Waals surface area contributed by atoms with Gasteiger partial charge >= 0.3 is 6.03 Å². The Balaban J connectivity index is 1.52. The van der Waals surface area contributed by atoms with Crippen LogP contribution in [0.4, 0.5) is 10.5 Å². The third kappa shape index (κ3) is 4.82. The molecule has 0 bridgehead atoms. The van der Waals surface area contributed by atoms with Crippen LogP contribution in [0.1, 0.15) is 11.1 Å². The number of rotatable bonds is 8. The lowest BCUT2D eigenvalue weighted by Gasteiger charge is -2.15. The summed E-state index contributed by atoms with van der Waals surface area (Å²) in [6.07, 6.45) is 1.74. The first kappa shape index (κ1) is 22.0. The number of benzene rings is 3. The van der Waals surface area contributed by atoms with Crippen LogP contribution in [0.15, 0.2) is 78.3 Å². The molecule has 0 saturated carbocycles. The van der Waals surface area contributed by atoms with Gasteiger partial charge < -0.3 is 10.1 Å². The Morgan fingerprint density at radius 1 is 1.09 bits per heavy atom. The van der Waals surface area contributed by atoms with Crippen molar-refractivity contribution in [2.75, 3.05) is 18.5 Å². The molecule has 4 amide bonds. The molecular weight excluding hydrogens is 418 g/mol. The van der Waals surface area contributed by atoms with E-state index < -0.39 is 24.4 Å². The van der Waals surface area contributed by atoms with Crippen LogP contribution in [0.2, 0.25) is 0 Å². The van der Waals surface area contributed by atoms with Gasteiger partial charge in [0.15, 0.2) is 0 Å². The second kappa shape index (κ2) is 9.48. The van der Waals surface area contributed by atoms with Crippen LogP contribution in [0.5, 0.6) is 5.75 Å². The van der Waals surface area contributed by atoms with Crippen LogP contribution in [-0.4, -0.2) is 41.6 Å². The quantitative estimate of drug-likeness (QED) is 0.528. The van der Waals surface area contributed by atoms with Crippen molar-refractivity contribution < 1.29 is 19.1 Å². The molecule has 0 saturated heterocycles. The molecule has 0 aromatic heterocycles. The Hall–Kier alpha value is -4.26. The highest BCUT2D eigenvalue weighted by molar-refractivity contribution is 6.47. The fourth-order valence-electron chi connectivity index (χ4n) is 3.65. The molecule has 4 rings (SSSR count). The van der Waals surface area contributed by atoms with Gasteiger partial charge in [0.05, 0.1) is 0 Å². The zero-order valence-electron chi connectivity index (χ0n) is 18.2. The second-order valence-electron chi connectivity index (χ2n) is 7.69. The maximum absolute atomic E-state index is 13.0. The number of urea groups is 1. The number of anilines is 1. The maximum atomic E-state index is 13.0. The van der Waals surface area contributed by atoms with Crippen molar-refractivity contribution >= 4 is 40.0 Å². The van der Waals surface area contributed by atoms with Gasteiger partial charge in [0.2, 0.25) is 5.91 Å². The number of fused-ring (bicyclic) bond motifs is 1. The minimum atomic E-state index is -0.747. The predicted octanol–water partition coefficient (Wildman–Crippen LogP) is 4.30. The standard InChI is InChI=1S/C26H23N3O4/c1-3-14-33-23-13-10-18-6-4-5-7-20(18)21(23)15-22-25(31)29(26(32)28-22)16-24(30)27-19-11-8-17(2)9-12-19/h3-13H,1,14-16H2,2H3,(H,27,30). The molecule has 33 heavy (non-hydrogen) atoms. The second-order valence-corrected chi connectivity index (χ2v) is 7.69. The first-order valence-electron chi connectivity index (χ1n) is 10.5. The number of imide groups is 1. The van der Waals surface area contributed by atoms with Gasteiger partial charge in [-0.2, -0.15) is 4.99 Å². The molecule has 7 heteroatoms. The van der Waals surface area contributed by atoms with Gasteiger partial charge in [0, 0.05) is 17.7 Å². The largest absolute Gasteiger partial charge is 0.489 e. The third-order valence-corrected chi connectivity index (χ3v) is 5.29. The highest BCUT2D eigenvalue weighted by atomic mass is 16.5. The van der Waals surface area contributed by atoms with Gasteiger partial charge in [-0.05, 0) is 35.9 Å². The summed E-state index contributed by atoms with van der Waals surface area (Å²) < 4.78 is 5.79. The van der Waals surface area contributed by atoms with E-state index in [9.17, 15) is 14.4 Å². The first-order valence-corrected chi connectivity index (χ1v) is 10.5. The molecule has 1 aliphatic rings. The summed E-state index contributed by atoms with van der Waals surface area (Å²) in [6, 6.07) is 18.0. The molecule has 0 unspecified atom stereocenters. The van der Waals surface area contributed by atoms with Gasteiger partial charge in [-0.25, -0.2) is 9.69 Å². The van der Waals surface area contributed by atoms with Crippen LogP contribution >= 0.6 is 0 Å². The molecule has 1 N–H and O–H groups in total. The maximum Gasteiger partial charge on any atom is 0.351 e. The highest BCUT2D eigenvalue weighted by Crippen LogP contribution is 2.30. The van der Waals surface area contributed by atoms with Crippen LogP contribution < -0.4 is 10.1 Å². The Morgan fingerprint density at radius 3 is 2.61 bits per heavy atom. The molecular formula is C26H23N3O4. The van der Waals surface area contributed by atoms with Crippen LogP contribution in [0.25, 0.3) is 10.8 Å². The lowest BCUT2D eigenvalue weighted by atomic mass is 9.98. The van der Waals surface area contributed by atoms with E-state index in [2.05, 4.69) is 16.9 Å². The number of hydrogen-bond donors (Lipinski definition) is 1. The van der Waals surface area contributed by atoms with E-state index in [0.717, 1.165) is 26.8 Å². The third-order valence-electron chi connectivity index (χ3n) is 5.29. The van der Waals surface area contributed by atoms with Crippen molar-refractivity contribution in [3.8, 4) is 5.75 Å². The Labute approximate surface area is 191 Å². The molecule has 0 spiro atoms. The number of hydrogen-bond acceptors (Lipinski definition) is 4. The van der Waals surface area contributed by atoms with E-state index in [1.165, 1.54) is 0 Å². The van der Waals surface area contributed by atoms with E-state index in [0.29, 0.717) is 18.0 Å². The molecule has 166 valence electrons. The van der Waals surface area contributed by atoms with Gasteiger partial charge in [-0.1, -0.05) is 60.7 Å². The van der Waals surface area contributed by atoms with E-state index >= 15 is 0 Å². The fourth-order valence-corrected chi connectivity index (χ4v) is 3.65. The summed E-state index contributed by atoms with van der Waals surface area (Å²) in [5.74, 6) is -0.467. The lowest BCUT2D eigenvalue weighted by molar-refractivity contribution is -0.125. The molecule has 1 aliphatic heterocycles. The molecule has 3 aromatic carbocycles. The van der Waals surface area contributed by atoms with Crippen molar-refractivity contribution in [2.45, 2.75) is 13.3 Å². The summed E-state index contributed by atoms with van der Waals surface area (Å²) in [5.41, 5.74) is 2.47. The minimum Gasteiger partial charge on any atom is -0.489 e. The first-order chi connectivity index (χ1) is 16.0. The molecule has 3 aromatic rings. The average molecular weight is 441 g/mol. The summed E-state index contributed by atoms with van der Waals surface area (Å²) >= 11 is 0. The molecule has 7 nitrogen and oxygen atoms in total. The van der Waals surface area contributed by atoms with Crippen LogP contribution in [0.3, 0.4) is 0 Å². The number of carbonyl (C=O) groups is 3. The topological polar surface area (TPSA) is 88.1 Å². The summed E-state index contributed by atoms with van der Waals surface area (Å²) in [7, 11) is 0. The molecule has 0 fully saturated rings. The summed E-state index contributed by atoms with van der Waals surface area (Å²) in [4.78, 5) is 42.6. The zero-order valence-corrected chi connectivity index (χ0v) is 18.2. The Morgan fingerprint density at radius 2 is 1.85 bits per heavy atom. The summed E-state index contributed by atoms with van der Waals surface area (Å²) in [5, 5.41) is 4.57. The number of ether oxygens (including phenoxy) is 1. The van der Waals surface area contributed by atoms with Gasteiger partial charge in [0.1, 0.15) is 24.6 Å². The smallest absolute Gasteiger partial charge is 0.351 e. The van der Waals surface area contributed by atoms with E-state index in [4.69, 9.17) is 4.74 Å². The number of amides is 4. The SMILES string of the molecule is C=CCOc1ccc2ccccc2c1CC1=NC(=O)N(CC(=O)Nc2ccc(C)cc2)C1=O. The predicted molar refractivity (Wildman–Crippen MR) is 128 cm³/mol. The van der Waals surface area contributed by atoms with Gasteiger partial charge in [-0.3, -0.25) is 9.59 Å². The highest BCUT2D eigenvalue weighted by Gasteiger charge is 2.35. The Kier molecular flexibility index (Phi) is 6.31. The molecule has 0 radical (unpaired) electrons. The van der Waals surface area contributed by atoms with Crippen molar-refractivity contribution in [1.82, 2.24) is 4.90 Å². The van der Waals surface area contributed by atoms with Crippen molar-refractivity contribution in [1.29, 1.82) is 0 Å². The van der Waals surface area contributed by atoms with Gasteiger partial charge in [-0.15, -0.1) is 0 Å². The number of aliphatic imine (C=N–C) groups is 1. The van der Waals surface area contributed by atoms with Gasteiger partial charge in [0.25, 0.3) is 5.91 Å². The van der Waals surface area contributed by atoms with E-state index in [-0.39, 0.29) is 12.1 Å². The van der Waals surface area contributed by atoms with Crippen LogP contribution in [0, 0.1) is 6.92 Å². The zero-order chi connectivity index (χ0) is 23.4. The molecule has 0 aliphatic carbocycles. The molecule has 1 heterocycles. The Bertz CT molecular complexity index is 1280. The van der Waals surface area contributed by atoms with Crippen molar-refractivity contribution in [2.24, 2.45) is 4.99 Å². The van der Waals surface area contributed by atoms with Crippen molar-refractivity contribution in [3.05, 3.63) is 84.4 Å². The normalized spacial score (nSPS) is 13.2. The molecule has 0 atom stereocenters. The summed E-state index contributed by atoms with van der Waals surface area (Å²) in [6.45, 7) is 5.51. The lowest BCUT2D eigenvalue weighted by Crippen LogP contribution is -2.39. The van der Waals surface area contributed by atoms with Crippen molar-refractivity contribution in [3.63, 3.8) is 0 Å². The number of carbonyl (C=O) groups excluding carboxylic acids is 3.